The molecule has 1 aliphatic rings. The number of carbonyl (C=O) groups excluding carboxylic acids is 2. The predicted octanol–water partition coefficient (Wildman–Crippen LogP) is 2.81. The van der Waals surface area contributed by atoms with Gasteiger partial charge in [-0.25, -0.2) is 13.2 Å². The molecule has 2 heterocycles. The SMILES string of the molecule is Cc1ccc(C(=O)COC(=O)c2ccc3c(c2)CCCN3S(C)(=O)=O)s1. The number of benzene rings is 1. The minimum atomic E-state index is -3.35. The number of anilines is 1. The molecule has 0 atom stereocenters. The van der Waals surface area contributed by atoms with E-state index in [0.717, 1.165) is 10.4 Å². The van der Waals surface area contributed by atoms with Crippen molar-refractivity contribution in [2.24, 2.45) is 0 Å². The molecule has 1 aromatic heterocycles. The fourth-order valence-corrected chi connectivity index (χ4v) is 4.69. The molecule has 0 saturated heterocycles. The zero-order chi connectivity index (χ0) is 18.9. The van der Waals surface area contributed by atoms with E-state index < -0.39 is 16.0 Å². The summed E-state index contributed by atoms with van der Waals surface area (Å²) in [5, 5.41) is 0. The predicted molar refractivity (Wildman–Crippen MR) is 101 cm³/mol. The molecule has 0 saturated carbocycles. The summed E-state index contributed by atoms with van der Waals surface area (Å²) >= 11 is 1.36. The summed E-state index contributed by atoms with van der Waals surface area (Å²) in [7, 11) is -3.35. The minimum Gasteiger partial charge on any atom is -0.454 e. The van der Waals surface area contributed by atoms with Crippen molar-refractivity contribution in [3.63, 3.8) is 0 Å². The van der Waals surface area contributed by atoms with Crippen LogP contribution < -0.4 is 4.31 Å². The van der Waals surface area contributed by atoms with Crippen LogP contribution in [0, 0.1) is 6.92 Å². The van der Waals surface area contributed by atoms with Crippen molar-refractivity contribution in [1.29, 1.82) is 0 Å². The lowest BCUT2D eigenvalue weighted by Crippen LogP contribution is -2.34. The van der Waals surface area contributed by atoms with Crippen LogP contribution in [0.2, 0.25) is 0 Å². The van der Waals surface area contributed by atoms with Gasteiger partial charge in [0, 0.05) is 11.4 Å². The maximum atomic E-state index is 12.2. The highest BCUT2D eigenvalue weighted by molar-refractivity contribution is 7.92. The Morgan fingerprint density at radius 3 is 2.65 bits per heavy atom. The summed E-state index contributed by atoms with van der Waals surface area (Å²) in [5.41, 5.74) is 1.70. The number of ketones is 1. The lowest BCUT2D eigenvalue weighted by atomic mass is 10.0. The second kappa shape index (κ2) is 7.20. The van der Waals surface area contributed by atoms with Crippen molar-refractivity contribution < 1.29 is 22.7 Å². The fraction of sp³-hybridized carbons (Fsp3) is 0.333. The molecule has 26 heavy (non-hydrogen) atoms. The number of ether oxygens (including phenoxy) is 1. The molecular weight excluding hydrogens is 374 g/mol. The first-order chi connectivity index (χ1) is 12.3. The normalized spacial score (nSPS) is 14.0. The molecule has 0 amide bonds. The Bertz CT molecular complexity index is 962. The first-order valence-electron chi connectivity index (χ1n) is 8.13. The van der Waals surface area contributed by atoms with Crippen molar-refractivity contribution in [2.45, 2.75) is 19.8 Å². The quantitative estimate of drug-likeness (QED) is 0.576. The molecule has 0 bridgehead atoms. The van der Waals surface area contributed by atoms with Crippen molar-refractivity contribution >= 4 is 38.8 Å². The van der Waals surface area contributed by atoms with Crippen molar-refractivity contribution in [1.82, 2.24) is 0 Å². The number of fused-ring (bicyclic) bond motifs is 1. The van der Waals surface area contributed by atoms with Gasteiger partial charge in [0.15, 0.2) is 6.61 Å². The number of hydrogen-bond donors (Lipinski definition) is 0. The zero-order valence-corrected chi connectivity index (χ0v) is 16.2. The fourth-order valence-electron chi connectivity index (χ4n) is 2.90. The Balaban J connectivity index is 1.72. The lowest BCUT2D eigenvalue weighted by Gasteiger charge is -2.29. The van der Waals surface area contributed by atoms with Crippen molar-refractivity contribution in [3.8, 4) is 0 Å². The van der Waals surface area contributed by atoms with Gasteiger partial charge in [-0.3, -0.25) is 9.10 Å². The number of thiophene rings is 1. The van der Waals surface area contributed by atoms with Crippen LogP contribution >= 0.6 is 11.3 Å². The van der Waals surface area contributed by atoms with Gasteiger partial charge in [-0.15, -0.1) is 11.3 Å². The van der Waals surface area contributed by atoms with Gasteiger partial charge in [-0.2, -0.15) is 0 Å². The van der Waals surface area contributed by atoms with Crippen LogP contribution in [0.1, 0.15) is 36.9 Å². The summed E-state index contributed by atoms with van der Waals surface area (Å²) in [6, 6.07) is 8.36. The standard InChI is InChI=1S/C18H19NO5S2/c1-12-5-8-17(25-12)16(20)11-24-18(21)14-6-7-15-13(10-14)4-3-9-19(15)26(2,22)23/h5-8,10H,3-4,9,11H2,1-2H3. The van der Waals surface area contributed by atoms with E-state index in [-0.39, 0.29) is 12.4 Å². The number of sulfonamides is 1. The van der Waals surface area contributed by atoms with E-state index in [1.54, 1.807) is 18.2 Å². The van der Waals surface area contributed by atoms with Crippen LogP contribution in [0.4, 0.5) is 5.69 Å². The molecule has 1 aliphatic heterocycles. The van der Waals surface area contributed by atoms with Crippen LogP contribution in [-0.4, -0.2) is 39.6 Å². The van der Waals surface area contributed by atoms with Crippen molar-refractivity contribution in [2.75, 3.05) is 23.7 Å². The first-order valence-corrected chi connectivity index (χ1v) is 10.8. The average Bonchev–Trinajstić information content (AvgIpc) is 3.04. The van der Waals surface area contributed by atoms with Crippen LogP contribution in [0.25, 0.3) is 0 Å². The second-order valence-corrected chi connectivity index (χ2v) is 9.39. The van der Waals surface area contributed by atoms with E-state index in [4.69, 9.17) is 4.74 Å². The van der Waals surface area contributed by atoms with Gasteiger partial charge in [-0.1, -0.05) is 0 Å². The first kappa shape index (κ1) is 18.6. The van der Waals surface area contributed by atoms with E-state index in [2.05, 4.69) is 0 Å². The zero-order valence-electron chi connectivity index (χ0n) is 14.5. The largest absolute Gasteiger partial charge is 0.454 e. The topological polar surface area (TPSA) is 80.8 Å². The Morgan fingerprint density at radius 1 is 1.23 bits per heavy atom. The molecule has 0 spiro atoms. The van der Waals surface area contributed by atoms with Gasteiger partial charge in [0.25, 0.3) is 0 Å². The summed E-state index contributed by atoms with van der Waals surface area (Å²) < 4.78 is 30.2. The van der Waals surface area contributed by atoms with Gasteiger partial charge in [0.1, 0.15) is 0 Å². The lowest BCUT2D eigenvalue weighted by molar-refractivity contribution is 0.0475. The number of esters is 1. The Labute approximate surface area is 156 Å². The van der Waals surface area contributed by atoms with Gasteiger partial charge < -0.3 is 4.74 Å². The molecule has 0 aliphatic carbocycles. The number of hydrogen-bond acceptors (Lipinski definition) is 6. The molecule has 8 heteroatoms. The molecule has 138 valence electrons. The molecule has 0 fully saturated rings. The minimum absolute atomic E-state index is 0.238. The summed E-state index contributed by atoms with van der Waals surface area (Å²) in [6.45, 7) is 2.02. The number of Topliss-reactive ketones (excluding diaryl/α,β-unsaturated/α-hetero) is 1. The molecule has 2 aromatic rings. The number of nitrogens with zero attached hydrogens (tertiary/aromatic N) is 1. The molecule has 6 nitrogen and oxygen atoms in total. The van der Waals surface area contributed by atoms with E-state index in [1.807, 2.05) is 13.0 Å². The highest BCUT2D eigenvalue weighted by Crippen LogP contribution is 2.30. The van der Waals surface area contributed by atoms with Crippen LogP contribution in [0.5, 0.6) is 0 Å². The summed E-state index contributed by atoms with van der Waals surface area (Å²) in [6.07, 6.45) is 2.55. The summed E-state index contributed by atoms with van der Waals surface area (Å²) in [4.78, 5) is 25.9. The molecule has 0 radical (unpaired) electrons. The Morgan fingerprint density at radius 2 is 2.00 bits per heavy atom. The Kier molecular flexibility index (Phi) is 5.15. The maximum absolute atomic E-state index is 12.2. The monoisotopic (exact) mass is 393 g/mol. The number of carbonyl (C=O) groups is 2. The molecule has 0 N–H and O–H groups in total. The van der Waals surface area contributed by atoms with Crippen LogP contribution in [0.15, 0.2) is 30.3 Å². The third-order valence-corrected chi connectivity index (χ3v) is 6.36. The molecule has 3 rings (SSSR count). The number of aryl methyl sites for hydroxylation is 2. The third-order valence-electron chi connectivity index (χ3n) is 4.14. The molecular formula is C18H19NO5S2. The van der Waals surface area contributed by atoms with Gasteiger partial charge in [0.05, 0.1) is 22.4 Å². The van der Waals surface area contributed by atoms with Gasteiger partial charge in [0.2, 0.25) is 15.8 Å². The third kappa shape index (κ3) is 3.96. The highest BCUT2D eigenvalue weighted by atomic mass is 32.2. The molecule has 0 unspecified atom stereocenters. The second-order valence-electron chi connectivity index (χ2n) is 6.19. The van der Waals surface area contributed by atoms with Gasteiger partial charge in [-0.05, 0) is 55.7 Å². The average molecular weight is 393 g/mol. The summed E-state index contributed by atoms with van der Waals surface area (Å²) in [5.74, 6) is -0.830. The smallest absolute Gasteiger partial charge is 0.338 e. The van der Waals surface area contributed by atoms with Crippen molar-refractivity contribution in [3.05, 3.63) is 51.2 Å². The van der Waals surface area contributed by atoms with E-state index >= 15 is 0 Å². The van der Waals surface area contributed by atoms with Gasteiger partial charge >= 0.3 is 5.97 Å². The molecule has 1 aromatic carbocycles. The van der Waals surface area contributed by atoms with Crippen LogP contribution in [0.3, 0.4) is 0 Å². The maximum Gasteiger partial charge on any atom is 0.338 e. The van der Waals surface area contributed by atoms with E-state index in [1.165, 1.54) is 28.0 Å². The highest BCUT2D eigenvalue weighted by Gasteiger charge is 2.25. The van der Waals surface area contributed by atoms with E-state index in [9.17, 15) is 18.0 Å². The van der Waals surface area contributed by atoms with Crippen LogP contribution in [-0.2, 0) is 21.2 Å². The Hall–Kier alpha value is -2.19. The van der Waals surface area contributed by atoms with E-state index in [0.29, 0.717) is 35.5 Å². The number of rotatable bonds is 5.